The maximum absolute atomic E-state index is 13.5. The van der Waals surface area contributed by atoms with E-state index >= 15 is 0 Å². The summed E-state index contributed by atoms with van der Waals surface area (Å²) in [7, 11) is 0. The van der Waals surface area contributed by atoms with Gasteiger partial charge in [0, 0.05) is 6.08 Å². The molecule has 3 aromatic carbocycles. The minimum atomic E-state index is -5.06. The second-order valence-electron chi connectivity index (χ2n) is 9.64. The van der Waals surface area contributed by atoms with E-state index in [1.54, 1.807) is 60.7 Å². The lowest BCUT2D eigenvalue weighted by molar-refractivity contribution is -0.420. The molecule has 0 radical (unpaired) electrons. The van der Waals surface area contributed by atoms with Crippen molar-refractivity contribution in [2.75, 3.05) is 6.61 Å². The van der Waals surface area contributed by atoms with Gasteiger partial charge in [-0.15, -0.1) is 0 Å². The van der Waals surface area contributed by atoms with Gasteiger partial charge in [0.2, 0.25) is 0 Å². The van der Waals surface area contributed by atoms with Gasteiger partial charge in [-0.1, -0.05) is 60.7 Å². The van der Waals surface area contributed by atoms with Crippen LogP contribution >= 0.6 is 0 Å². The maximum atomic E-state index is 13.5. The van der Waals surface area contributed by atoms with E-state index in [0.29, 0.717) is 23.3 Å². The highest BCUT2D eigenvalue weighted by molar-refractivity contribution is 5.72. The first-order valence-electron chi connectivity index (χ1n) is 12.7. The minimum Gasteiger partial charge on any atom is -0.444 e. The Kier molecular flexibility index (Phi) is 8.95. The molecule has 0 spiro atoms. The van der Waals surface area contributed by atoms with Crippen LogP contribution in [0.5, 0.6) is 0 Å². The van der Waals surface area contributed by atoms with E-state index in [1.165, 1.54) is 13.0 Å². The molecule has 13 heteroatoms. The van der Waals surface area contributed by atoms with Gasteiger partial charge in [-0.2, -0.15) is 26.3 Å². The van der Waals surface area contributed by atoms with E-state index in [-0.39, 0.29) is 12.7 Å². The predicted molar refractivity (Wildman–Crippen MR) is 142 cm³/mol. The summed E-state index contributed by atoms with van der Waals surface area (Å²) in [5.74, 6) is 0. The van der Waals surface area contributed by atoms with Gasteiger partial charge >= 0.3 is 18.4 Å². The summed E-state index contributed by atoms with van der Waals surface area (Å²) in [5, 5.41) is 11.6. The monoisotopic (exact) mass is 606 g/mol. The van der Waals surface area contributed by atoms with Gasteiger partial charge in [0.05, 0.1) is 35.0 Å². The molecule has 1 heterocycles. The van der Waals surface area contributed by atoms with Crippen molar-refractivity contribution >= 4 is 6.09 Å². The van der Waals surface area contributed by atoms with Crippen LogP contribution in [0.3, 0.4) is 0 Å². The van der Waals surface area contributed by atoms with Crippen molar-refractivity contribution in [1.82, 2.24) is 4.90 Å². The summed E-state index contributed by atoms with van der Waals surface area (Å²) in [6, 6.07) is 17.8. The molecule has 0 N–H and O–H groups in total. The molecule has 1 aliphatic heterocycles. The second kappa shape index (κ2) is 12.3. The first-order valence-corrected chi connectivity index (χ1v) is 12.7. The minimum absolute atomic E-state index is 0.0138. The lowest BCUT2D eigenvalue weighted by atomic mass is 9.86. The molecule has 226 valence electrons. The second-order valence-corrected chi connectivity index (χ2v) is 9.64. The number of benzene rings is 3. The number of allylic oxidation sites excluding steroid dienone is 1. The zero-order valence-electron chi connectivity index (χ0n) is 22.4. The molecule has 0 fully saturated rings. The van der Waals surface area contributed by atoms with E-state index in [2.05, 4.69) is 0 Å². The molecule has 43 heavy (non-hydrogen) atoms. The van der Waals surface area contributed by atoms with Gasteiger partial charge in [-0.25, -0.2) is 4.79 Å². The highest BCUT2D eigenvalue weighted by Crippen LogP contribution is 2.40. The molecule has 2 atom stereocenters. The highest BCUT2D eigenvalue weighted by Gasteiger charge is 2.44. The Labute approximate surface area is 241 Å². The summed E-state index contributed by atoms with van der Waals surface area (Å²) in [4.78, 5) is 25.3. The Morgan fingerprint density at radius 2 is 1.49 bits per heavy atom. The van der Waals surface area contributed by atoms with Crippen LogP contribution in [0, 0.1) is 10.1 Å². The van der Waals surface area contributed by atoms with Gasteiger partial charge in [0.1, 0.15) is 12.1 Å². The summed E-state index contributed by atoms with van der Waals surface area (Å²) < 4.78 is 92.1. The fraction of sp³-hybridized carbons (Fsp3) is 0.233. The van der Waals surface area contributed by atoms with Gasteiger partial charge in [-0.05, 0) is 47.9 Å². The molecule has 4 rings (SSSR count). The van der Waals surface area contributed by atoms with Crippen molar-refractivity contribution in [1.29, 1.82) is 0 Å². The number of nitro groups is 1. The number of hydrogen-bond donors (Lipinski definition) is 0. The normalized spacial score (nSPS) is 17.7. The summed E-state index contributed by atoms with van der Waals surface area (Å²) in [6.45, 7) is 0.555. The predicted octanol–water partition coefficient (Wildman–Crippen LogP) is 8.02. The van der Waals surface area contributed by atoms with E-state index in [9.17, 15) is 41.3 Å². The molecule has 1 amide bonds. The number of nitrogens with zero attached hydrogens (tertiary/aromatic N) is 2. The molecule has 0 saturated heterocycles. The molecule has 0 aromatic heterocycles. The van der Waals surface area contributed by atoms with E-state index < -0.39 is 64.0 Å². The molecule has 0 bridgehead atoms. The van der Waals surface area contributed by atoms with E-state index in [1.807, 2.05) is 0 Å². The zero-order chi connectivity index (χ0) is 31.4. The topological polar surface area (TPSA) is 81.9 Å². The quantitative estimate of drug-likeness (QED) is 0.147. The zero-order valence-corrected chi connectivity index (χ0v) is 22.4. The average molecular weight is 607 g/mol. The summed E-state index contributed by atoms with van der Waals surface area (Å²) >= 11 is 0. The Morgan fingerprint density at radius 3 is 2.02 bits per heavy atom. The third-order valence-electron chi connectivity index (χ3n) is 6.74. The third kappa shape index (κ3) is 7.23. The molecular weight excluding hydrogens is 582 g/mol. The Bertz CT molecular complexity index is 1490. The number of amides is 1. The summed E-state index contributed by atoms with van der Waals surface area (Å²) in [5.41, 5.74) is -4.51. The van der Waals surface area contributed by atoms with Crippen molar-refractivity contribution in [3.63, 3.8) is 0 Å². The standard InChI is InChI=1S/C30H24F6N2O5/c1-20(22-14-24(29(31,32)33)16-25(15-22)30(34,35)36)43-19-28(23-10-6-3-7-11-23)13-12-26(38(40)41)17-37(28)27(39)42-18-21-8-4-2-5-9-21/h2-17,20H,18-19H2,1H3/t20-,28-/m1/s1. The van der Waals surface area contributed by atoms with Crippen LogP contribution in [0.1, 0.15) is 40.8 Å². The molecule has 7 nitrogen and oxygen atoms in total. The van der Waals surface area contributed by atoms with Crippen LogP contribution in [-0.2, 0) is 34.0 Å². The van der Waals surface area contributed by atoms with Crippen molar-refractivity contribution in [2.24, 2.45) is 0 Å². The molecule has 0 saturated carbocycles. The van der Waals surface area contributed by atoms with E-state index in [4.69, 9.17) is 9.47 Å². The van der Waals surface area contributed by atoms with Crippen LogP contribution in [0.2, 0.25) is 0 Å². The van der Waals surface area contributed by atoms with Gasteiger partial charge in [0.15, 0.2) is 0 Å². The number of hydrogen-bond acceptors (Lipinski definition) is 5. The largest absolute Gasteiger partial charge is 0.444 e. The highest BCUT2D eigenvalue weighted by atomic mass is 19.4. The molecule has 0 unspecified atom stereocenters. The van der Waals surface area contributed by atoms with Gasteiger partial charge in [0.25, 0.3) is 5.70 Å². The van der Waals surface area contributed by atoms with Crippen LogP contribution in [0.25, 0.3) is 0 Å². The average Bonchev–Trinajstić information content (AvgIpc) is 2.98. The van der Waals surface area contributed by atoms with Gasteiger partial charge in [-0.3, -0.25) is 15.0 Å². The van der Waals surface area contributed by atoms with Crippen LogP contribution in [0.15, 0.2) is 103 Å². The van der Waals surface area contributed by atoms with Crippen LogP contribution in [0.4, 0.5) is 31.1 Å². The van der Waals surface area contributed by atoms with Crippen molar-refractivity contribution in [3.8, 4) is 0 Å². The molecule has 1 aliphatic rings. The number of rotatable bonds is 8. The number of carbonyl (C=O) groups is 1. The number of ether oxygens (including phenoxy) is 2. The first kappa shape index (κ1) is 31.3. The number of carbonyl (C=O) groups excluding carboxylic acids is 1. The molecule has 0 aliphatic carbocycles. The van der Waals surface area contributed by atoms with Crippen molar-refractivity contribution in [3.05, 3.63) is 141 Å². The van der Waals surface area contributed by atoms with Crippen molar-refractivity contribution < 1.29 is 45.5 Å². The molecule has 3 aromatic rings. The van der Waals surface area contributed by atoms with Crippen LogP contribution in [-0.4, -0.2) is 22.5 Å². The SMILES string of the molecule is C[C@@H](OC[C@@]1(c2ccccc2)C=CC([N+](=O)[O-])=CN1C(=O)OCc1ccccc1)c1cc(C(F)(F)F)cc(C(F)(F)F)c1. The fourth-order valence-corrected chi connectivity index (χ4v) is 4.43. The fourth-order valence-electron chi connectivity index (χ4n) is 4.43. The maximum Gasteiger partial charge on any atom is 0.416 e. The van der Waals surface area contributed by atoms with E-state index in [0.717, 1.165) is 17.2 Å². The van der Waals surface area contributed by atoms with Crippen molar-refractivity contribution in [2.45, 2.75) is 37.5 Å². The molecular formula is C30H24F6N2O5. The van der Waals surface area contributed by atoms with Crippen LogP contribution < -0.4 is 0 Å². The number of halogens is 6. The summed E-state index contributed by atoms with van der Waals surface area (Å²) in [6.07, 6.45) is -9.07. The lowest BCUT2D eigenvalue weighted by Gasteiger charge is -2.41. The van der Waals surface area contributed by atoms with Gasteiger partial charge < -0.3 is 9.47 Å². The Morgan fingerprint density at radius 1 is 0.930 bits per heavy atom. The lowest BCUT2D eigenvalue weighted by Crippen LogP contribution is -2.50. The Hall–Kier alpha value is -4.65. The Balaban J connectivity index is 1.72. The number of alkyl halides is 6. The third-order valence-corrected chi connectivity index (χ3v) is 6.74. The first-order chi connectivity index (χ1) is 20.2. The smallest absolute Gasteiger partial charge is 0.416 e.